The van der Waals surface area contributed by atoms with E-state index >= 15 is 0 Å². The van der Waals surface area contributed by atoms with Gasteiger partial charge in [0.1, 0.15) is 5.60 Å². The number of hydrogen-bond acceptors (Lipinski definition) is 6. The highest BCUT2D eigenvalue weighted by Crippen LogP contribution is 2.24. The van der Waals surface area contributed by atoms with Crippen LogP contribution in [0.5, 0.6) is 0 Å². The quantitative estimate of drug-likeness (QED) is 0.711. The number of hydrogen-bond donors (Lipinski definition) is 1. The lowest BCUT2D eigenvalue weighted by atomic mass is 9.95. The molecule has 7 nitrogen and oxygen atoms in total. The Morgan fingerprint density at radius 2 is 1.74 bits per heavy atom. The molecule has 0 atom stereocenters. The summed E-state index contributed by atoms with van der Waals surface area (Å²) in [7, 11) is 0. The smallest absolute Gasteiger partial charge is 0.413 e. The summed E-state index contributed by atoms with van der Waals surface area (Å²) in [5, 5.41) is 4.92. The molecule has 31 heavy (non-hydrogen) atoms. The highest BCUT2D eigenvalue weighted by Gasteiger charge is 2.29. The molecule has 3 heterocycles. The van der Waals surface area contributed by atoms with Gasteiger partial charge >= 0.3 is 6.09 Å². The molecule has 0 aromatic carbocycles. The number of carbonyl (C=O) groups excluding carboxylic acids is 2. The van der Waals surface area contributed by atoms with Crippen LogP contribution in [0.3, 0.4) is 0 Å². The normalized spacial score (nSPS) is 18.8. The molecular weight excluding hydrogens is 412 g/mol. The topological polar surface area (TPSA) is 74.8 Å². The largest absolute Gasteiger partial charge is 0.444 e. The van der Waals surface area contributed by atoms with Crippen molar-refractivity contribution in [3.8, 4) is 0 Å². The van der Waals surface area contributed by atoms with Gasteiger partial charge in [-0.25, -0.2) is 9.78 Å². The minimum Gasteiger partial charge on any atom is -0.444 e. The number of piperidine rings is 2. The molecule has 3 rings (SSSR count). The Morgan fingerprint density at radius 3 is 2.32 bits per heavy atom. The molecule has 0 aliphatic carbocycles. The van der Waals surface area contributed by atoms with Crippen LogP contribution in [0, 0.1) is 5.92 Å². The molecule has 0 unspecified atom stereocenters. The van der Waals surface area contributed by atoms with Crippen LogP contribution in [0.15, 0.2) is 5.38 Å². The summed E-state index contributed by atoms with van der Waals surface area (Å²) in [6.07, 6.45) is 4.45. The van der Waals surface area contributed by atoms with Crippen molar-refractivity contribution in [3.63, 3.8) is 0 Å². The zero-order chi connectivity index (χ0) is 23.0. The standard InChI is InChI=1S/C21H34N4O3S.C2H6/c1-15-5-9-24(10-6-15)17-7-11-25(12-8-17)18(26)13-16-14-29-19(22-16)23-20(27)28-21(2,3)4;1-2/h14-15,17H,5-13H2,1-4H3,(H,22,23,27);1-2H3. The van der Waals surface area contributed by atoms with E-state index in [4.69, 9.17) is 4.74 Å². The predicted molar refractivity (Wildman–Crippen MR) is 127 cm³/mol. The van der Waals surface area contributed by atoms with Gasteiger partial charge in [0.05, 0.1) is 12.1 Å². The van der Waals surface area contributed by atoms with Gasteiger partial charge in [-0.3, -0.25) is 10.1 Å². The molecule has 0 radical (unpaired) electrons. The molecule has 1 aromatic heterocycles. The van der Waals surface area contributed by atoms with E-state index in [-0.39, 0.29) is 12.3 Å². The van der Waals surface area contributed by atoms with Crippen molar-refractivity contribution in [3.05, 3.63) is 11.1 Å². The summed E-state index contributed by atoms with van der Waals surface area (Å²) in [4.78, 5) is 33.5. The molecule has 0 bridgehead atoms. The highest BCUT2D eigenvalue weighted by atomic mass is 32.1. The molecule has 1 aromatic rings. The Kier molecular flexibility index (Phi) is 9.75. The fraction of sp³-hybridized carbons (Fsp3) is 0.783. The number of amides is 2. The summed E-state index contributed by atoms with van der Waals surface area (Å²) in [6.45, 7) is 15.8. The maximum absolute atomic E-state index is 12.7. The Morgan fingerprint density at radius 1 is 1.13 bits per heavy atom. The number of rotatable bonds is 4. The average molecular weight is 453 g/mol. The van der Waals surface area contributed by atoms with Gasteiger partial charge in [0, 0.05) is 24.5 Å². The third-order valence-corrected chi connectivity index (χ3v) is 6.45. The Balaban J connectivity index is 0.00000166. The summed E-state index contributed by atoms with van der Waals surface area (Å²) < 4.78 is 5.23. The van der Waals surface area contributed by atoms with Gasteiger partial charge < -0.3 is 14.5 Å². The van der Waals surface area contributed by atoms with E-state index in [9.17, 15) is 9.59 Å². The maximum atomic E-state index is 12.7. The third kappa shape index (κ3) is 8.41. The van der Waals surface area contributed by atoms with Crippen molar-refractivity contribution < 1.29 is 14.3 Å². The third-order valence-electron chi connectivity index (χ3n) is 5.64. The van der Waals surface area contributed by atoms with Crippen LogP contribution in [-0.4, -0.2) is 64.6 Å². The Hall–Kier alpha value is -1.67. The van der Waals surface area contributed by atoms with E-state index < -0.39 is 11.7 Å². The van der Waals surface area contributed by atoms with Gasteiger partial charge in [0.25, 0.3) is 0 Å². The average Bonchev–Trinajstić information content (AvgIpc) is 3.15. The second kappa shape index (κ2) is 11.8. The van der Waals surface area contributed by atoms with E-state index in [0.29, 0.717) is 16.9 Å². The van der Waals surface area contributed by atoms with Gasteiger partial charge in [-0.2, -0.15) is 0 Å². The lowest BCUT2D eigenvalue weighted by molar-refractivity contribution is -0.132. The first-order chi connectivity index (χ1) is 14.7. The molecule has 0 spiro atoms. The zero-order valence-corrected chi connectivity index (χ0v) is 20.9. The monoisotopic (exact) mass is 452 g/mol. The molecule has 2 amide bonds. The van der Waals surface area contributed by atoms with Gasteiger partial charge in [-0.15, -0.1) is 11.3 Å². The van der Waals surface area contributed by atoms with E-state index in [2.05, 4.69) is 22.1 Å². The number of thiazole rings is 1. The minimum atomic E-state index is -0.557. The first-order valence-corrected chi connectivity index (χ1v) is 12.5. The molecule has 1 N–H and O–H groups in total. The zero-order valence-electron chi connectivity index (χ0n) is 20.1. The number of nitrogens with zero attached hydrogens (tertiary/aromatic N) is 3. The predicted octanol–water partition coefficient (Wildman–Crippen LogP) is 4.78. The SMILES string of the molecule is CC.CC1CCN(C2CCN(C(=O)Cc3csc(NC(=O)OC(C)(C)C)n3)CC2)CC1. The molecule has 0 saturated carbocycles. The number of anilines is 1. The molecule has 176 valence electrons. The molecule has 2 fully saturated rings. The fourth-order valence-corrected chi connectivity index (χ4v) is 4.67. The van der Waals surface area contributed by atoms with Crippen LogP contribution in [0.25, 0.3) is 0 Å². The van der Waals surface area contributed by atoms with Crippen molar-refractivity contribution in [2.24, 2.45) is 5.92 Å². The molecular formula is C23H40N4O3S. The molecule has 2 aliphatic heterocycles. The highest BCUT2D eigenvalue weighted by molar-refractivity contribution is 7.13. The lowest BCUT2D eigenvalue weighted by Crippen LogP contribution is -2.49. The van der Waals surface area contributed by atoms with E-state index in [0.717, 1.165) is 31.8 Å². The van der Waals surface area contributed by atoms with Gasteiger partial charge in [0.2, 0.25) is 5.91 Å². The van der Waals surface area contributed by atoms with Crippen molar-refractivity contribution in [1.82, 2.24) is 14.8 Å². The summed E-state index contributed by atoms with van der Waals surface area (Å²) in [5.41, 5.74) is 0.136. The first-order valence-electron chi connectivity index (χ1n) is 11.7. The van der Waals surface area contributed by atoms with Crippen molar-refractivity contribution in [2.75, 3.05) is 31.5 Å². The second-order valence-electron chi connectivity index (χ2n) is 9.28. The maximum Gasteiger partial charge on any atom is 0.413 e. The fourth-order valence-electron chi connectivity index (χ4n) is 3.98. The Bertz CT molecular complexity index is 700. The van der Waals surface area contributed by atoms with Gasteiger partial charge in [0.15, 0.2) is 5.13 Å². The van der Waals surface area contributed by atoms with Crippen LogP contribution in [0.4, 0.5) is 9.93 Å². The molecule has 2 saturated heterocycles. The van der Waals surface area contributed by atoms with E-state index in [1.54, 1.807) is 0 Å². The number of aromatic nitrogens is 1. The lowest BCUT2D eigenvalue weighted by Gasteiger charge is -2.41. The summed E-state index contributed by atoms with van der Waals surface area (Å²) in [5.74, 6) is 0.963. The van der Waals surface area contributed by atoms with Crippen molar-refractivity contribution >= 4 is 28.5 Å². The first kappa shape index (κ1) is 25.6. The second-order valence-corrected chi connectivity index (χ2v) is 10.1. The van der Waals surface area contributed by atoms with E-state index in [1.165, 1.54) is 37.3 Å². The number of nitrogens with one attached hydrogen (secondary N) is 1. The molecule has 8 heteroatoms. The van der Waals surface area contributed by atoms with Crippen LogP contribution in [-0.2, 0) is 16.0 Å². The van der Waals surface area contributed by atoms with Crippen LogP contribution >= 0.6 is 11.3 Å². The van der Waals surface area contributed by atoms with Crippen molar-refractivity contribution in [1.29, 1.82) is 0 Å². The van der Waals surface area contributed by atoms with E-state index in [1.807, 2.05) is 44.9 Å². The number of carbonyl (C=O) groups is 2. The summed E-state index contributed by atoms with van der Waals surface area (Å²) >= 11 is 1.31. The number of ether oxygens (including phenoxy) is 1. The van der Waals surface area contributed by atoms with Gasteiger partial charge in [-0.1, -0.05) is 20.8 Å². The minimum absolute atomic E-state index is 0.116. The summed E-state index contributed by atoms with van der Waals surface area (Å²) in [6, 6.07) is 0.621. The van der Waals surface area contributed by atoms with Gasteiger partial charge in [-0.05, 0) is 65.5 Å². The number of likely N-dealkylation sites (tertiary alicyclic amines) is 2. The van der Waals surface area contributed by atoms with Crippen LogP contribution in [0.2, 0.25) is 0 Å². The van der Waals surface area contributed by atoms with Crippen molar-refractivity contribution in [2.45, 2.75) is 85.3 Å². The molecule has 2 aliphatic rings. The Labute approximate surface area is 191 Å². The van der Waals surface area contributed by atoms with Crippen LogP contribution in [0.1, 0.15) is 72.9 Å². The van der Waals surface area contributed by atoms with Crippen LogP contribution < -0.4 is 5.32 Å².